The van der Waals surface area contributed by atoms with Crippen LogP contribution >= 0.6 is 0 Å². The number of nitriles is 2. The van der Waals surface area contributed by atoms with Crippen molar-refractivity contribution < 1.29 is 38.0 Å². The lowest BCUT2D eigenvalue weighted by Crippen LogP contribution is -2.21. The summed E-state index contributed by atoms with van der Waals surface area (Å²) in [6, 6.07) is 3.32. The summed E-state index contributed by atoms with van der Waals surface area (Å²) < 4.78 is 34.3. The second-order valence-corrected chi connectivity index (χ2v) is 9.44. The minimum atomic E-state index is -0.621. The van der Waals surface area contributed by atoms with E-state index in [1.807, 2.05) is 27.7 Å². The molecule has 0 radical (unpaired) electrons. The molecule has 1 aromatic carbocycles. The third-order valence-electron chi connectivity index (χ3n) is 6.71. The first kappa shape index (κ1) is 31.3. The maximum atomic E-state index is 13.3. The molecule has 1 aromatic rings. The summed E-state index contributed by atoms with van der Waals surface area (Å²) in [5.41, 5.74) is -0.532. The Morgan fingerprint density at radius 1 is 0.738 bits per heavy atom. The fourth-order valence-electron chi connectivity index (χ4n) is 4.26. The summed E-state index contributed by atoms with van der Waals surface area (Å²) >= 11 is 0. The van der Waals surface area contributed by atoms with Crippen molar-refractivity contribution in [2.24, 2.45) is 11.8 Å². The monoisotopic (exact) mass is 574 g/mol. The van der Waals surface area contributed by atoms with E-state index in [1.165, 1.54) is 0 Å². The number of fused-ring (bicyclic) bond motifs is 2. The minimum Gasteiger partial charge on any atom is -0.420 e. The second-order valence-electron chi connectivity index (χ2n) is 9.44. The fourth-order valence-corrected chi connectivity index (χ4v) is 4.26. The van der Waals surface area contributed by atoms with Crippen LogP contribution in [-0.2, 0) is 9.59 Å². The van der Waals surface area contributed by atoms with E-state index in [0.717, 1.165) is 25.7 Å². The van der Waals surface area contributed by atoms with Gasteiger partial charge in [-0.25, -0.2) is 0 Å². The molecule has 218 valence electrons. The van der Waals surface area contributed by atoms with Crippen LogP contribution < -0.4 is 28.4 Å². The average molecular weight is 575 g/mol. The summed E-state index contributed by atoms with van der Waals surface area (Å²) in [4.78, 5) is 32.8. The summed E-state index contributed by atoms with van der Waals surface area (Å²) in [6.45, 7) is 22.3. The number of carbonyl (C=O) groups is 2. The van der Waals surface area contributed by atoms with Crippen molar-refractivity contribution in [3.8, 4) is 46.6 Å². The SMILES string of the molecule is [C-]#[N+]C([N+]#[C-])=C1Oc2c(OC(=O)C(CC)CCCC)c3c(c(OC(=O)C(CC)CCCC)c2O1)OC(=C(C#N)C#N)O3. The summed E-state index contributed by atoms with van der Waals surface area (Å²) in [5, 5.41) is 18.8. The molecule has 12 heteroatoms. The molecule has 0 aliphatic carbocycles. The minimum absolute atomic E-state index is 0.294. The Morgan fingerprint density at radius 3 is 1.43 bits per heavy atom. The zero-order valence-electron chi connectivity index (χ0n) is 23.9. The zero-order valence-corrected chi connectivity index (χ0v) is 23.9. The van der Waals surface area contributed by atoms with Gasteiger partial charge in [-0.3, -0.25) is 9.59 Å². The Labute approximate surface area is 244 Å². The van der Waals surface area contributed by atoms with Crippen molar-refractivity contribution in [1.29, 1.82) is 10.5 Å². The van der Waals surface area contributed by atoms with E-state index >= 15 is 0 Å². The van der Waals surface area contributed by atoms with Crippen molar-refractivity contribution in [2.45, 2.75) is 79.1 Å². The number of unbranched alkanes of at least 4 members (excludes halogenated alkanes) is 2. The standard InChI is InChI=1S/C30H30N4O8/c1-7-11-13-17(9-3)27(35)37-20-22-23(40-29(39-22)19(15-31)16-32)21(38-28(36)18(10-4)14-12-8-2)25-24(20)41-30(42-25)26(33-5)34-6/h17-18H,7-14H2,1-4H3. The van der Waals surface area contributed by atoms with E-state index in [0.29, 0.717) is 25.7 Å². The number of nitrogens with zero attached hydrogens (tertiary/aromatic N) is 4. The Bertz CT molecular complexity index is 1300. The number of rotatable bonds is 12. The molecule has 3 rings (SSSR count). The van der Waals surface area contributed by atoms with E-state index in [1.54, 1.807) is 12.1 Å². The Kier molecular flexibility index (Phi) is 10.8. The van der Waals surface area contributed by atoms with Gasteiger partial charge in [0.2, 0.25) is 40.1 Å². The Morgan fingerprint density at radius 2 is 1.12 bits per heavy atom. The van der Waals surface area contributed by atoms with E-state index in [-0.39, 0.29) is 34.5 Å². The first-order chi connectivity index (χ1) is 20.3. The molecule has 0 saturated heterocycles. The predicted molar refractivity (Wildman–Crippen MR) is 145 cm³/mol. The average Bonchev–Trinajstić information content (AvgIpc) is 3.63. The number of ether oxygens (including phenoxy) is 6. The van der Waals surface area contributed by atoms with Gasteiger partial charge >= 0.3 is 29.7 Å². The molecule has 2 aliphatic heterocycles. The molecular formula is C30H30N4O8. The van der Waals surface area contributed by atoms with Crippen LogP contribution in [0, 0.1) is 47.6 Å². The van der Waals surface area contributed by atoms with Gasteiger partial charge in [-0.2, -0.15) is 10.5 Å². The van der Waals surface area contributed by atoms with Crippen LogP contribution in [0.5, 0.6) is 34.5 Å². The van der Waals surface area contributed by atoms with Gasteiger partial charge in [-0.1, -0.05) is 53.4 Å². The molecule has 42 heavy (non-hydrogen) atoms. The van der Waals surface area contributed by atoms with Crippen molar-refractivity contribution in [2.75, 3.05) is 0 Å². The van der Waals surface area contributed by atoms with Gasteiger partial charge in [0.05, 0.1) is 11.8 Å². The fraction of sp³-hybridized carbons (Fsp3) is 0.467. The second kappa shape index (κ2) is 14.4. The quantitative estimate of drug-likeness (QED) is 0.114. The maximum Gasteiger partial charge on any atom is 0.600 e. The normalized spacial score (nSPS) is 13.6. The number of allylic oxidation sites excluding steroid dienone is 1. The molecule has 2 atom stereocenters. The lowest BCUT2D eigenvalue weighted by atomic mass is 9.99. The van der Waals surface area contributed by atoms with Gasteiger partial charge in [0.15, 0.2) is 0 Å². The van der Waals surface area contributed by atoms with E-state index in [9.17, 15) is 20.1 Å². The van der Waals surface area contributed by atoms with Crippen LogP contribution in [0.25, 0.3) is 9.69 Å². The summed E-state index contributed by atoms with van der Waals surface area (Å²) in [6.07, 6.45) is 5.35. The van der Waals surface area contributed by atoms with E-state index in [2.05, 4.69) is 9.69 Å². The summed E-state index contributed by atoms with van der Waals surface area (Å²) in [5.74, 6) is -5.69. The smallest absolute Gasteiger partial charge is 0.420 e. The highest BCUT2D eigenvalue weighted by Crippen LogP contribution is 2.64. The molecule has 2 unspecified atom stereocenters. The van der Waals surface area contributed by atoms with Gasteiger partial charge in [0, 0.05) is 0 Å². The highest BCUT2D eigenvalue weighted by molar-refractivity contribution is 5.85. The van der Waals surface area contributed by atoms with Crippen LogP contribution in [0.4, 0.5) is 0 Å². The van der Waals surface area contributed by atoms with Gasteiger partial charge in [-0.05, 0) is 25.7 Å². The van der Waals surface area contributed by atoms with Crippen LogP contribution in [-0.4, -0.2) is 11.9 Å². The molecule has 2 aliphatic rings. The van der Waals surface area contributed by atoms with Gasteiger partial charge in [-0.15, -0.1) is 9.69 Å². The summed E-state index contributed by atoms with van der Waals surface area (Å²) in [7, 11) is 0. The Hall–Kier alpha value is -5.20. The highest BCUT2D eigenvalue weighted by atomic mass is 16.7. The van der Waals surface area contributed by atoms with Crippen LogP contribution in [0.15, 0.2) is 23.3 Å². The predicted octanol–water partition coefficient (Wildman–Crippen LogP) is 6.70. The Balaban J connectivity index is 2.25. The maximum absolute atomic E-state index is 13.3. The molecule has 12 nitrogen and oxygen atoms in total. The molecule has 0 N–H and O–H groups in total. The van der Waals surface area contributed by atoms with Gasteiger partial charge in [0.25, 0.3) is 0 Å². The first-order valence-corrected chi connectivity index (χ1v) is 13.7. The van der Waals surface area contributed by atoms with Gasteiger partial charge in [0.1, 0.15) is 25.3 Å². The molecule has 0 aromatic heterocycles. The number of esters is 2. The number of benzene rings is 1. The molecule has 0 spiro atoms. The lowest BCUT2D eigenvalue weighted by molar-refractivity contribution is -0.140. The third-order valence-corrected chi connectivity index (χ3v) is 6.71. The van der Waals surface area contributed by atoms with Crippen molar-refractivity contribution in [3.05, 3.63) is 46.1 Å². The molecule has 0 bridgehead atoms. The number of hydrogen-bond donors (Lipinski definition) is 0. The largest absolute Gasteiger partial charge is 0.600 e. The molecule has 0 amide bonds. The number of hydrogen-bond acceptors (Lipinski definition) is 10. The first-order valence-electron chi connectivity index (χ1n) is 13.7. The van der Waals surface area contributed by atoms with Crippen LogP contribution in [0.2, 0.25) is 0 Å². The molecule has 0 fully saturated rings. The topological polar surface area (TPSA) is 146 Å². The molecular weight excluding hydrogens is 544 g/mol. The van der Waals surface area contributed by atoms with E-state index < -0.39 is 47.1 Å². The third kappa shape index (κ3) is 6.40. The van der Waals surface area contributed by atoms with E-state index in [4.69, 9.17) is 41.6 Å². The van der Waals surface area contributed by atoms with Crippen LogP contribution in [0.1, 0.15) is 79.1 Å². The van der Waals surface area contributed by atoms with Crippen molar-refractivity contribution in [3.63, 3.8) is 0 Å². The van der Waals surface area contributed by atoms with Crippen molar-refractivity contribution >= 4 is 11.9 Å². The lowest BCUT2D eigenvalue weighted by Gasteiger charge is -2.18. The van der Waals surface area contributed by atoms with Crippen LogP contribution in [0.3, 0.4) is 0 Å². The molecule has 2 heterocycles. The molecule has 0 saturated carbocycles. The van der Waals surface area contributed by atoms with Gasteiger partial charge < -0.3 is 28.4 Å². The zero-order chi connectivity index (χ0) is 30.8. The number of carbonyl (C=O) groups excluding carboxylic acids is 2. The van der Waals surface area contributed by atoms with Crippen molar-refractivity contribution in [1.82, 2.24) is 0 Å². The highest BCUT2D eigenvalue weighted by Gasteiger charge is 2.45.